The zero-order chi connectivity index (χ0) is 43.5. The minimum atomic E-state index is -5.20. The first-order valence-corrected chi connectivity index (χ1v) is 22.5. The molecule has 12 heterocycles. The van der Waals surface area contributed by atoms with Crippen molar-refractivity contribution >= 4 is 90.2 Å². The van der Waals surface area contributed by atoms with Gasteiger partial charge in [-0.05, 0) is 95.3 Å². The van der Waals surface area contributed by atoms with E-state index in [1.165, 1.54) is 67.4 Å². The molecule has 62 heavy (non-hydrogen) atoms. The fourth-order valence-corrected chi connectivity index (χ4v) is 13.8. The monoisotopic (exact) mass is 922 g/mol. The minimum absolute atomic E-state index is 0.0321. The molecule has 6 aliphatic rings. The van der Waals surface area contributed by atoms with E-state index in [-0.39, 0.29) is 27.4 Å². The highest BCUT2D eigenvalue weighted by molar-refractivity contribution is 7.16. The SMILES string of the molecule is CC1=c2cc(-c3ccc(C)s3)c3n2C24n5c(cc(-c6ccc(C)s6)c5C(C(F)(F)F)=C5C=C(c6ccc(C)s6)C1=[N+]52)C(C(F)(F)F)=C1C(c2ccc(C(F)(F)F)s2)=CC(=[N+]14)C=3C. The highest BCUT2D eigenvalue weighted by Gasteiger charge is 2.77. The first-order valence-electron chi connectivity index (χ1n) is 19.2. The molecule has 6 aromatic heterocycles. The number of hydrogen-bond donors (Lipinski definition) is 0. The molecule has 0 bridgehead atoms. The van der Waals surface area contributed by atoms with Crippen LogP contribution in [0.25, 0.3) is 54.3 Å². The van der Waals surface area contributed by atoms with Crippen molar-refractivity contribution in [2.75, 3.05) is 0 Å². The summed E-state index contributed by atoms with van der Waals surface area (Å²) in [7, 11) is 0. The third kappa shape index (κ3) is 4.64. The molecule has 1 atom stereocenters. The van der Waals surface area contributed by atoms with Crippen LogP contribution in [0.2, 0.25) is 0 Å². The van der Waals surface area contributed by atoms with E-state index in [0.29, 0.717) is 54.2 Å². The Balaban J connectivity index is 1.36. The highest BCUT2D eigenvalue weighted by Crippen LogP contribution is 2.61. The van der Waals surface area contributed by atoms with Gasteiger partial charge in [0.1, 0.15) is 4.88 Å². The second kappa shape index (κ2) is 11.9. The first kappa shape index (κ1) is 38.4. The van der Waals surface area contributed by atoms with Gasteiger partial charge in [-0.2, -0.15) is 48.6 Å². The molecule has 1 unspecified atom stereocenters. The van der Waals surface area contributed by atoms with Gasteiger partial charge >= 0.3 is 24.4 Å². The summed E-state index contributed by atoms with van der Waals surface area (Å²) in [5.74, 6) is -2.05. The zero-order valence-corrected chi connectivity index (χ0v) is 36.0. The summed E-state index contributed by atoms with van der Waals surface area (Å²) in [5.41, 5.74) is -1.13. The standard InChI is InChI=1S/C45H27F9N4S4/c1-18-6-9-31(59-18)23-14-27-21(4)39-24(32-10-7-19(2)60-32)16-29-36(43(49,50)51)41-26(33-11-8-20(3)61-33)17-30-37(44(52,53)54)40-25(34-12-13-35(62-34)42(46,47)48)15-28-22(5)38(23)55(27)45(56(28)40,57(29)39)58(30)41/h6-17H,1-5H3/q+2. The van der Waals surface area contributed by atoms with Gasteiger partial charge in [0.25, 0.3) is 0 Å². The summed E-state index contributed by atoms with van der Waals surface area (Å²) in [6.45, 7) is 9.21. The Morgan fingerprint density at radius 3 is 1.69 bits per heavy atom. The molecular formula is C45H27F9N4S4+2. The van der Waals surface area contributed by atoms with Crippen molar-refractivity contribution in [3.05, 3.63) is 136 Å². The van der Waals surface area contributed by atoms with Gasteiger partial charge in [-0.15, -0.1) is 45.3 Å². The number of allylic oxidation sites excluding steroid dienone is 6. The second-order valence-corrected chi connectivity index (χ2v) is 20.9. The molecule has 0 aromatic carbocycles. The lowest BCUT2D eigenvalue weighted by Gasteiger charge is -2.41. The van der Waals surface area contributed by atoms with Crippen LogP contribution in [0.4, 0.5) is 39.5 Å². The lowest BCUT2D eigenvalue weighted by molar-refractivity contribution is -0.834. The van der Waals surface area contributed by atoms with Crippen LogP contribution in [0.5, 0.6) is 0 Å². The Morgan fingerprint density at radius 1 is 0.548 bits per heavy atom. The summed E-state index contributed by atoms with van der Waals surface area (Å²) in [5, 5.41) is 1.16. The Morgan fingerprint density at radius 2 is 1.13 bits per heavy atom. The lowest BCUT2D eigenvalue weighted by atomic mass is 9.97. The van der Waals surface area contributed by atoms with E-state index in [9.17, 15) is 13.2 Å². The maximum absolute atomic E-state index is 16.4. The van der Waals surface area contributed by atoms with Crippen molar-refractivity contribution in [2.24, 2.45) is 0 Å². The Bertz CT molecular complexity index is 3480. The van der Waals surface area contributed by atoms with Crippen LogP contribution in [0, 0.1) is 20.8 Å². The Kier molecular flexibility index (Phi) is 7.35. The zero-order valence-electron chi connectivity index (χ0n) is 32.8. The van der Waals surface area contributed by atoms with Gasteiger partial charge in [0.05, 0.1) is 33.2 Å². The first-order chi connectivity index (χ1) is 29.2. The topological polar surface area (TPSA) is 15.9 Å². The number of halogens is 9. The van der Waals surface area contributed by atoms with Gasteiger partial charge in [-0.25, -0.2) is 0 Å². The van der Waals surface area contributed by atoms with Crippen LogP contribution in [0.15, 0.2) is 84.2 Å². The third-order valence-electron chi connectivity index (χ3n) is 12.4. The summed E-state index contributed by atoms with van der Waals surface area (Å²) in [6, 6.07) is 16.2. The van der Waals surface area contributed by atoms with Crippen molar-refractivity contribution in [1.29, 1.82) is 0 Å². The second-order valence-electron chi connectivity index (χ2n) is 16.0. The number of thiophene rings is 4. The highest BCUT2D eigenvalue weighted by atomic mass is 32.1. The molecule has 0 saturated heterocycles. The third-order valence-corrected chi connectivity index (χ3v) is 16.7. The number of rotatable bonds is 4. The van der Waals surface area contributed by atoms with E-state index in [4.69, 9.17) is 0 Å². The molecule has 6 aliphatic heterocycles. The van der Waals surface area contributed by atoms with Crippen LogP contribution in [0.1, 0.15) is 54.5 Å². The predicted molar refractivity (Wildman–Crippen MR) is 227 cm³/mol. The molecule has 0 fully saturated rings. The molecule has 0 amide bonds. The fraction of sp³-hybridized carbons (Fsp3) is 0.200. The van der Waals surface area contributed by atoms with Gasteiger partial charge in [-0.3, -0.25) is 0 Å². The quantitative estimate of drug-likeness (QED) is 0.124. The summed E-state index contributed by atoms with van der Waals surface area (Å²) < 4.78 is 147. The molecule has 1 spiro atoms. The summed E-state index contributed by atoms with van der Waals surface area (Å²) in [4.78, 5) is 3.45. The molecule has 4 nitrogen and oxygen atoms in total. The summed E-state index contributed by atoms with van der Waals surface area (Å²) >= 11 is 4.41. The number of alkyl halides is 9. The molecule has 0 N–H and O–H groups in total. The number of aryl methyl sites for hydroxylation is 3. The minimum Gasteiger partial charge on any atom is -0.198 e. The van der Waals surface area contributed by atoms with E-state index in [1.807, 2.05) is 55.7 Å². The van der Waals surface area contributed by atoms with E-state index < -0.39 is 57.5 Å². The molecule has 0 saturated carbocycles. The van der Waals surface area contributed by atoms with Crippen molar-refractivity contribution in [3.8, 4) is 20.9 Å². The van der Waals surface area contributed by atoms with E-state index in [0.717, 1.165) is 31.1 Å². The van der Waals surface area contributed by atoms with Crippen molar-refractivity contribution in [3.63, 3.8) is 0 Å². The number of aromatic nitrogens is 2. The molecular weight excluding hydrogens is 896 g/mol. The molecule has 12 rings (SSSR count). The Labute approximate surface area is 361 Å². The lowest BCUT2D eigenvalue weighted by Crippen LogP contribution is -2.71. The molecule has 0 aliphatic carbocycles. The Hall–Kier alpha value is -5.23. The van der Waals surface area contributed by atoms with Crippen LogP contribution in [-0.4, -0.2) is 42.1 Å². The van der Waals surface area contributed by atoms with Crippen molar-refractivity contribution in [2.45, 2.75) is 59.1 Å². The van der Waals surface area contributed by atoms with E-state index in [1.54, 1.807) is 30.6 Å². The normalized spacial score (nSPS) is 20.0. The maximum Gasteiger partial charge on any atom is 0.553 e. The molecule has 17 heteroatoms. The van der Waals surface area contributed by atoms with Crippen LogP contribution >= 0.6 is 45.3 Å². The maximum atomic E-state index is 16.4. The fourth-order valence-electron chi connectivity index (χ4n) is 10.2. The van der Waals surface area contributed by atoms with E-state index in [2.05, 4.69) is 0 Å². The van der Waals surface area contributed by atoms with Gasteiger partial charge in [0.2, 0.25) is 22.8 Å². The van der Waals surface area contributed by atoms with E-state index >= 15 is 26.3 Å². The van der Waals surface area contributed by atoms with Crippen molar-refractivity contribution in [1.82, 2.24) is 9.13 Å². The smallest absolute Gasteiger partial charge is 0.198 e. The number of nitrogens with zero attached hydrogens (tertiary/aromatic N) is 4. The van der Waals surface area contributed by atoms with Gasteiger partial charge in [-0.1, -0.05) is 9.15 Å². The van der Waals surface area contributed by atoms with Crippen molar-refractivity contribution < 1.29 is 48.7 Å². The van der Waals surface area contributed by atoms with Crippen LogP contribution < -0.4 is 10.7 Å². The van der Waals surface area contributed by atoms with Gasteiger partial charge < -0.3 is 0 Å². The van der Waals surface area contributed by atoms with Crippen LogP contribution in [-0.2, 0) is 12.1 Å². The van der Waals surface area contributed by atoms with Gasteiger partial charge in [0.15, 0.2) is 11.1 Å². The molecule has 6 aromatic rings. The summed E-state index contributed by atoms with van der Waals surface area (Å²) in [6.07, 6.45) is -12.0. The average molecular weight is 923 g/mol. The largest absolute Gasteiger partial charge is 0.553 e. The molecule has 312 valence electrons. The molecule has 0 radical (unpaired) electrons. The average Bonchev–Trinajstić information content (AvgIpc) is 4.01. The predicted octanol–water partition coefficient (Wildman–Crippen LogP) is 12.0. The van der Waals surface area contributed by atoms with Gasteiger partial charge in [0, 0.05) is 68.6 Å². The van der Waals surface area contributed by atoms with Crippen LogP contribution in [0.3, 0.4) is 0 Å². The number of hydrogen-bond acceptors (Lipinski definition) is 4.